The van der Waals surface area contributed by atoms with Crippen LogP contribution < -0.4 is 5.32 Å². The first-order valence-electron chi connectivity index (χ1n) is 11.7. The lowest BCUT2D eigenvalue weighted by atomic mass is 9.83. The van der Waals surface area contributed by atoms with E-state index < -0.39 is 23.6 Å². The number of alkyl halides is 1. The summed E-state index contributed by atoms with van der Waals surface area (Å²) >= 11 is 7.77. The maximum Gasteiger partial charge on any atom is 0.262 e. The monoisotopic (exact) mass is 502 g/mol. The molecule has 4 atom stereocenters. The summed E-state index contributed by atoms with van der Waals surface area (Å²) in [6.07, 6.45) is 7.80. The van der Waals surface area contributed by atoms with Crippen LogP contribution in [0, 0.1) is 12.8 Å². The zero-order valence-electron chi connectivity index (χ0n) is 18.9. The van der Waals surface area contributed by atoms with Crippen LogP contribution in [0.25, 0.3) is 10.4 Å². The Morgan fingerprint density at radius 2 is 1.97 bits per heavy atom. The number of fused-ring (bicyclic) bond motifs is 1. The molecule has 0 spiro atoms. The number of aromatic nitrogens is 2. The van der Waals surface area contributed by atoms with Gasteiger partial charge in [-0.2, -0.15) is 10.2 Å². The topological polar surface area (TPSA) is 101 Å². The molecule has 8 nitrogen and oxygen atoms in total. The number of thiophene rings is 1. The van der Waals surface area contributed by atoms with Crippen molar-refractivity contribution in [3.05, 3.63) is 35.0 Å². The van der Waals surface area contributed by atoms with Crippen molar-refractivity contribution in [2.45, 2.75) is 62.6 Å². The molecule has 0 aromatic carbocycles. The van der Waals surface area contributed by atoms with E-state index in [2.05, 4.69) is 15.5 Å². The van der Waals surface area contributed by atoms with E-state index in [1.54, 1.807) is 23.4 Å². The molecule has 0 radical (unpaired) electrons. The Morgan fingerprint density at radius 1 is 1.21 bits per heavy atom. The second kappa shape index (κ2) is 9.71. The highest BCUT2D eigenvalue weighted by atomic mass is 35.5. The van der Waals surface area contributed by atoms with Gasteiger partial charge in [-0.1, -0.05) is 19.3 Å². The number of hydrogen-bond donors (Lipinski definition) is 1. The maximum absolute atomic E-state index is 13.7. The molecule has 1 N–H and O–H groups in total. The molecule has 3 fully saturated rings. The smallest absolute Gasteiger partial charge is 0.262 e. The van der Waals surface area contributed by atoms with Crippen molar-refractivity contribution in [1.29, 1.82) is 0 Å². The van der Waals surface area contributed by atoms with E-state index in [-0.39, 0.29) is 36.7 Å². The molecule has 10 heteroatoms. The number of ketones is 1. The van der Waals surface area contributed by atoms with E-state index in [4.69, 9.17) is 16.3 Å². The Balaban J connectivity index is 1.38. The Bertz CT molecular complexity index is 1100. The van der Waals surface area contributed by atoms with Crippen LogP contribution in [0.4, 0.5) is 0 Å². The molecule has 2 saturated heterocycles. The third-order valence-electron chi connectivity index (χ3n) is 7.10. The molecule has 2 amide bonds. The lowest BCUT2D eigenvalue weighted by molar-refractivity contribution is -0.139. The van der Waals surface area contributed by atoms with Crippen molar-refractivity contribution in [3.63, 3.8) is 0 Å². The van der Waals surface area contributed by atoms with E-state index >= 15 is 0 Å². The van der Waals surface area contributed by atoms with Gasteiger partial charge in [0, 0.05) is 17.0 Å². The third kappa shape index (κ3) is 4.36. The van der Waals surface area contributed by atoms with Gasteiger partial charge in [0.2, 0.25) is 5.91 Å². The zero-order valence-corrected chi connectivity index (χ0v) is 20.5. The van der Waals surface area contributed by atoms with Crippen molar-refractivity contribution < 1.29 is 19.1 Å². The SMILES string of the molecule is Cc1cnncc1-c1ccc(C(=O)NC(C(=O)N2C[C@H](Cl)[C@H]3OCC(=O)[C@H]32)C2CCCCC2)s1. The molecular weight excluding hydrogens is 476 g/mol. The summed E-state index contributed by atoms with van der Waals surface area (Å²) in [5.74, 6) is -0.615. The second-order valence-corrected chi connectivity index (χ2v) is 10.9. The van der Waals surface area contributed by atoms with Gasteiger partial charge in [0.1, 0.15) is 24.8 Å². The van der Waals surface area contributed by atoms with Crippen LogP contribution in [0.15, 0.2) is 24.5 Å². The van der Waals surface area contributed by atoms with Crippen LogP contribution in [-0.2, 0) is 14.3 Å². The molecule has 3 aliphatic rings. The van der Waals surface area contributed by atoms with E-state index in [0.29, 0.717) is 4.88 Å². The van der Waals surface area contributed by atoms with Gasteiger partial charge < -0.3 is 15.0 Å². The zero-order chi connectivity index (χ0) is 23.8. The summed E-state index contributed by atoms with van der Waals surface area (Å²) in [6.45, 7) is 2.17. The fourth-order valence-corrected chi connectivity index (χ4v) is 6.65. The Labute approximate surface area is 207 Å². The lowest BCUT2D eigenvalue weighted by Crippen LogP contribution is -2.55. The molecule has 34 heavy (non-hydrogen) atoms. The molecule has 1 unspecified atom stereocenters. The van der Waals surface area contributed by atoms with Gasteiger partial charge in [-0.3, -0.25) is 14.4 Å². The van der Waals surface area contributed by atoms with Crippen LogP contribution in [-0.4, -0.2) is 69.4 Å². The van der Waals surface area contributed by atoms with Crippen LogP contribution in [0.5, 0.6) is 0 Å². The minimum atomic E-state index is -0.696. The van der Waals surface area contributed by atoms with Crippen molar-refractivity contribution in [1.82, 2.24) is 20.4 Å². The molecule has 1 saturated carbocycles. The molecule has 1 aliphatic carbocycles. The van der Waals surface area contributed by atoms with Gasteiger partial charge in [0.05, 0.1) is 22.6 Å². The minimum Gasteiger partial charge on any atom is -0.366 e. The van der Waals surface area contributed by atoms with Crippen molar-refractivity contribution >= 4 is 40.5 Å². The predicted molar refractivity (Wildman–Crippen MR) is 128 cm³/mol. The molecular formula is C24H27ClN4O4S. The number of amides is 2. The maximum atomic E-state index is 13.7. The third-order valence-corrected chi connectivity index (χ3v) is 8.61. The first kappa shape index (κ1) is 23.4. The first-order valence-corrected chi connectivity index (χ1v) is 13.0. The number of nitrogens with one attached hydrogen (secondary N) is 1. The molecule has 2 aromatic rings. The number of rotatable bonds is 5. The first-order chi connectivity index (χ1) is 16.4. The minimum absolute atomic E-state index is 0.0238. The predicted octanol–water partition coefficient (Wildman–Crippen LogP) is 2.98. The fourth-order valence-electron chi connectivity index (χ4n) is 5.31. The molecule has 180 valence electrons. The van der Waals surface area contributed by atoms with Gasteiger partial charge in [0.15, 0.2) is 5.78 Å². The summed E-state index contributed by atoms with van der Waals surface area (Å²) in [5.41, 5.74) is 1.90. The summed E-state index contributed by atoms with van der Waals surface area (Å²) in [6, 6.07) is 2.30. The number of nitrogens with zero attached hydrogens (tertiary/aromatic N) is 3. The number of aryl methyl sites for hydroxylation is 1. The summed E-state index contributed by atoms with van der Waals surface area (Å²) in [7, 11) is 0. The average Bonchev–Trinajstić information content (AvgIpc) is 3.56. The number of ether oxygens (including phenoxy) is 1. The molecule has 4 heterocycles. The Kier molecular flexibility index (Phi) is 6.68. The quantitative estimate of drug-likeness (QED) is 0.631. The summed E-state index contributed by atoms with van der Waals surface area (Å²) in [4.78, 5) is 42.5. The number of halogens is 1. The van der Waals surface area contributed by atoms with Gasteiger partial charge in [-0.25, -0.2) is 0 Å². The average molecular weight is 503 g/mol. The highest BCUT2D eigenvalue weighted by Crippen LogP contribution is 2.34. The molecule has 0 bridgehead atoms. The number of carbonyl (C=O) groups excluding carboxylic acids is 3. The van der Waals surface area contributed by atoms with Crippen LogP contribution in [0.2, 0.25) is 0 Å². The van der Waals surface area contributed by atoms with Gasteiger partial charge in [0.25, 0.3) is 5.91 Å². The summed E-state index contributed by atoms with van der Waals surface area (Å²) < 4.78 is 5.54. The van der Waals surface area contributed by atoms with E-state index in [1.165, 1.54) is 11.3 Å². The molecule has 2 aromatic heterocycles. The van der Waals surface area contributed by atoms with Gasteiger partial charge in [-0.15, -0.1) is 22.9 Å². The summed E-state index contributed by atoms with van der Waals surface area (Å²) in [5, 5.41) is 10.4. The van der Waals surface area contributed by atoms with Crippen LogP contribution in [0.3, 0.4) is 0 Å². The highest BCUT2D eigenvalue weighted by molar-refractivity contribution is 7.17. The van der Waals surface area contributed by atoms with E-state index in [1.807, 2.05) is 13.0 Å². The lowest BCUT2D eigenvalue weighted by Gasteiger charge is -2.34. The fraction of sp³-hybridized carbons (Fsp3) is 0.542. The van der Waals surface area contributed by atoms with Crippen molar-refractivity contribution in [2.75, 3.05) is 13.2 Å². The van der Waals surface area contributed by atoms with E-state index in [9.17, 15) is 14.4 Å². The second-order valence-electron chi connectivity index (χ2n) is 9.29. The van der Waals surface area contributed by atoms with Crippen molar-refractivity contribution in [3.8, 4) is 10.4 Å². The van der Waals surface area contributed by atoms with Crippen molar-refractivity contribution in [2.24, 2.45) is 5.92 Å². The normalized spacial score (nSPS) is 25.9. The number of Topliss-reactive ketones (excluding diaryl/α,β-unsaturated/α-hetero) is 1. The van der Waals surface area contributed by atoms with Crippen LogP contribution >= 0.6 is 22.9 Å². The standard InChI is InChI=1S/C24H27ClN4O4S/c1-13-9-26-27-10-15(13)18-7-8-19(34-18)23(31)28-20(14-5-3-2-4-6-14)24(32)29-11-16(25)22-21(29)17(30)12-33-22/h7-10,14,16,20-22H,2-6,11-12H2,1H3,(H,28,31)/t16-,20?,21+,22+/m0/s1. The Hall–Kier alpha value is -2.36. The number of likely N-dealkylation sites (tertiary alicyclic amines) is 1. The largest absolute Gasteiger partial charge is 0.366 e. The number of carbonyl (C=O) groups is 3. The molecule has 2 aliphatic heterocycles. The van der Waals surface area contributed by atoms with Gasteiger partial charge >= 0.3 is 0 Å². The molecule has 5 rings (SSSR count). The highest BCUT2D eigenvalue weighted by Gasteiger charge is 2.53. The van der Waals surface area contributed by atoms with E-state index in [0.717, 1.165) is 48.1 Å². The van der Waals surface area contributed by atoms with Crippen LogP contribution in [0.1, 0.15) is 47.3 Å². The van der Waals surface area contributed by atoms with Gasteiger partial charge in [-0.05, 0) is 43.4 Å². The number of hydrogen-bond acceptors (Lipinski definition) is 7. The Morgan fingerprint density at radius 3 is 2.74 bits per heavy atom.